The molecule has 0 unspecified atom stereocenters. The number of hydrogen-bond acceptors (Lipinski definition) is 8. The highest BCUT2D eigenvalue weighted by molar-refractivity contribution is 5.76. The van der Waals surface area contributed by atoms with Crippen LogP contribution in [0, 0.1) is 0 Å². The summed E-state index contributed by atoms with van der Waals surface area (Å²) in [5.74, 6) is -0.00290. The summed E-state index contributed by atoms with van der Waals surface area (Å²) in [6.07, 6.45) is 0.308. The molecule has 11 nitrogen and oxygen atoms in total. The van der Waals surface area contributed by atoms with Gasteiger partial charge in [-0.1, -0.05) is 5.11 Å². The molecule has 0 atom stereocenters. The molecule has 0 fully saturated rings. The number of carbonyl (C=O) groups excluding carboxylic acids is 1. The first-order valence-corrected chi connectivity index (χ1v) is 8.76. The van der Waals surface area contributed by atoms with Crippen LogP contribution in [0.1, 0.15) is 6.42 Å². The molecule has 0 aromatic rings. The van der Waals surface area contributed by atoms with Crippen molar-refractivity contribution in [2.75, 3.05) is 85.6 Å². The molecule has 0 aliphatic rings. The van der Waals surface area contributed by atoms with Crippen molar-refractivity contribution < 1.29 is 23.7 Å². The summed E-state index contributed by atoms with van der Waals surface area (Å²) in [6, 6.07) is 0. The summed E-state index contributed by atoms with van der Waals surface area (Å²) in [5, 5.41) is 3.35. The number of carbonyl (C=O) groups is 1. The van der Waals surface area contributed by atoms with Gasteiger partial charge in [-0.15, -0.1) is 0 Å². The molecule has 0 saturated heterocycles. The number of ether oxygens (including phenoxy) is 4. The van der Waals surface area contributed by atoms with Gasteiger partial charge in [-0.2, -0.15) is 0 Å². The zero-order chi connectivity index (χ0) is 19.3. The lowest BCUT2D eigenvalue weighted by atomic mass is 10.3. The lowest BCUT2D eigenvalue weighted by Gasteiger charge is -2.21. The van der Waals surface area contributed by atoms with Crippen molar-refractivity contribution in [3.63, 3.8) is 0 Å². The van der Waals surface area contributed by atoms with Gasteiger partial charge >= 0.3 is 0 Å². The van der Waals surface area contributed by atoms with Gasteiger partial charge in [-0.05, 0) is 5.53 Å². The number of nitrogens with two attached hydrogens (primary N) is 2. The molecule has 0 saturated carbocycles. The molecule has 0 radical (unpaired) electrons. The van der Waals surface area contributed by atoms with E-state index in [2.05, 4.69) is 10.0 Å². The molecule has 0 heterocycles. The first-order valence-electron chi connectivity index (χ1n) is 8.76. The summed E-state index contributed by atoms with van der Waals surface area (Å²) in [4.78, 5) is 16.2. The van der Waals surface area contributed by atoms with Crippen molar-refractivity contribution in [2.24, 2.45) is 16.6 Å². The van der Waals surface area contributed by atoms with Crippen LogP contribution in [0.15, 0.2) is 5.11 Å². The Bertz CT molecular complexity index is 376. The largest absolute Gasteiger partial charge is 0.379 e. The molecule has 0 aliphatic carbocycles. The molecule has 4 N–H and O–H groups in total. The van der Waals surface area contributed by atoms with Gasteiger partial charge in [0.25, 0.3) is 0 Å². The average Bonchev–Trinajstić information content (AvgIpc) is 2.64. The van der Waals surface area contributed by atoms with E-state index in [0.717, 1.165) is 0 Å². The van der Waals surface area contributed by atoms with E-state index in [1.165, 1.54) is 0 Å². The predicted molar refractivity (Wildman–Crippen MR) is 96.6 cm³/mol. The van der Waals surface area contributed by atoms with Crippen molar-refractivity contribution in [3.8, 4) is 0 Å². The molecular formula is C15H32N6O5. The second kappa shape index (κ2) is 19.9. The Morgan fingerprint density at radius 1 is 0.846 bits per heavy atom. The van der Waals surface area contributed by atoms with Crippen molar-refractivity contribution in [1.29, 1.82) is 0 Å². The van der Waals surface area contributed by atoms with Gasteiger partial charge < -0.3 is 35.3 Å². The number of azide groups is 1. The first kappa shape index (κ1) is 24.5. The fraction of sp³-hybridized carbons (Fsp3) is 0.933. The Balaban J connectivity index is 3.33. The molecule has 0 aromatic heterocycles. The average molecular weight is 376 g/mol. The summed E-state index contributed by atoms with van der Waals surface area (Å²) >= 11 is 0. The second-order valence-corrected chi connectivity index (χ2v) is 5.11. The van der Waals surface area contributed by atoms with Crippen molar-refractivity contribution >= 4 is 5.91 Å². The van der Waals surface area contributed by atoms with Crippen LogP contribution in [0.4, 0.5) is 0 Å². The predicted octanol–water partition coefficient (Wildman–Crippen LogP) is -0.501. The molecular weight excluding hydrogens is 344 g/mol. The van der Waals surface area contributed by atoms with Crippen LogP contribution < -0.4 is 11.5 Å². The Hall–Kier alpha value is -1.46. The Labute approximate surface area is 154 Å². The van der Waals surface area contributed by atoms with E-state index in [1.54, 1.807) is 4.90 Å². The standard InChI is InChI=1S/C15H32N6O5/c16-2-5-21(6-3-17)15(22)1-7-23-9-11-25-13-14-26-12-10-24-8-4-19-20-18/h1-14,16-17H2. The number of rotatable bonds is 19. The van der Waals surface area contributed by atoms with E-state index in [-0.39, 0.29) is 5.91 Å². The molecule has 152 valence electrons. The highest BCUT2D eigenvalue weighted by Crippen LogP contribution is 1.94. The minimum absolute atomic E-state index is 0.00290. The molecule has 1 amide bonds. The maximum absolute atomic E-state index is 11.9. The van der Waals surface area contributed by atoms with Crippen LogP contribution in [0.5, 0.6) is 0 Å². The van der Waals surface area contributed by atoms with E-state index in [0.29, 0.717) is 92.0 Å². The van der Waals surface area contributed by atoms with Gasteiger partial charge in [0.2, 0.25) is 5.91 Å². The zero-order valence-corrected chi connectivity index (χ0v) is 15.4. The van der Waals surface area contributed by atoms with Crippen LogP contribution in [0.3, 0.4) is 0 Å². The first-order chi connectivity index (χ1) is 12.8. The van der Waals surface area contributed by atoms with E-state index >= 15 is 0 Å². The van der Waals surface area contributed by atoms with Crippen LogP contribution in [0.25, 0.3) is 10.4 Å². The SMILES string of the molecule is [N-]=[N+]=NCCOCCOCCOCCOCCC(=O)N(CCN)CCN. The third-order valence-corrected chi connectivity index (χ3v) is 3.13. The van der Waals surface area contributed by atoms with E-state index < -0.39 is 0 Å². The third kappa shape index (κ3) is 16.0. The summed E-state index contributed by atoms with van der Waals surface area (Å²) in [6.45, 7) is 5.61. The minimum Gasteiger partial charge on any atom is -0.379 e. The number of nitrogens with zero attached hydrogens (tertiary/aromatic N) is 4. The smallest absolute Gasteiger partial charge is 0.224 e. The minimum atomic E-state index is -0.00290. The Morgan fingerprint density at radius 2 is 1.31 bits per heavy atom. The number of hydrogen-bond donors (Lipinski definition) is 2. The van der Waals surface area contributed by atoms with E-state index in [9.17, 15) is 4.79 Å². The van der Waals surface area contributed by atoms with Crippen LogP contribution >= 0.6 is 0 Å². The van der Waals surface area contributed by atoms with Gasteiger partial charge in [-0.25, -0.2) is 0 Å². The lowest BCUT2D eigenvalue weighted by Crippen LogP contribution is -2.39. The van der Waals surface area contributed by atoms with Crippen LogP contribution in [-0.4, -0.2) is 96.4 Å². The van der Waals surface area contributed by atoms with Crippen LogP contribution in [-0.2, 0) is 23.7 Å². The molecule has 26 heavy (non-hydrogen) atoms. The van der Waals surface area contributed by atoms with Crippen molar-refractivity contribution in [2.45, 2.75) is 6.42 Å². The van der Waals surface area contributed by atoms with E-state index in [4.69, 9.17) is 35.9 Å². The summed E-state index contributed by atoms with van der Waals surface area (Å²) in [7, 11) is 0. The molecule has 0 aliphatic heterocycles. The lowest BCUT2D eigenvalue weighted by molar-refractivity contribution is -0.132. The molecule has 0 rings (SSSR count). The fourth-order valence-electron chi connectivity index (χ4n) is 1.90. The van der Waals surface area contributed by atoms with E-state index in [1.807, 2.05) is 0 Å². The summed E-state index contributed by atoms with van der Waals surface area (Å²) in [5.41, 5.74) is 19.0. The maximum Gasteiger partial charge on any atom is 0.224 e. The monoisotopic (exact) mass is 376 g/mol. The van der Waals surface area contributed by atoms with Gasteiger partial charge in [0.15, 0.2) is 0 Å². The fourth-order valence-corrected chi connectivity index (χ4v) is 1.90. The molecule has 11 heteroatoms. The van der Waals surface area contributed by atoms with Gasteiger partial charge in [-0.3, -0.25) is 4.79 Å². The Kier molecular flexibility index (Phi) is 18.7. The van der Waals surface area contributed by atoms with Gasteiger partial charge in [0.1, 0.15) is 0 Å². The highest BCUT2D eigenvalue weighted by atomic mass is 16.6. The number of amides is 1. The summed E-state index contributed by atoms with van der Waals surface area (Å²) < 4.78 is 21.2. The molecule has 0 bridgehead atoms. The topological polar surface area (TPSA) is 158 Å². The van der Waals surface area contributed by atoms with Gasteiger partial charge in [0.05, 0.1) is 59.3 Å². The zero-order valence-electron chi connectivity index (χ0n) is 15.4. The molecule has 0 spiro atoms. The molecule has 0 aromatic carbocycles. The van der Waals surface area contributed by atoms with Crippen molar-refractivity contribution in [3.05, 3.63) is 10.4 Å². The quantitative estimate of drug-likeness (QED) is 0.133. The van der Waals surface area contributed by atoms with Gasteiger partial charge in [0, 0.05) is 37.6 Å². The van der Waals surface area contributed by atoms with Crippen LogP contribution in [0.2, 0.25) is 0 Å². The van der Waals surface area contributed by atoms with Crippen molar-refractivity contribution in [1.82, 2.24) is 4.90 Å². The highest BCUT2D eigenvalue weighted by Gasteiger charge is 2.11. The Morgan fingerprint density at radius 3 is 1.77 bits per heavy atom. The maximum atomic E-state index is 11.9. The second-order valence-electron chi connectivity index (χ2n) is 5.11. The normalized spacial score (nSPS) is 10.5. The third-order valence-electron chi connectivity index (χ3n) is 3.13.